The van der Waals surface area contributed by atoms with Gasteiger partial charge in [0.1, 0.15) is 11.6 Å². The van der Waals surface area contributed by atoms with Crippen molar-refractivity contribution in [3.8, 4) is 11.4 Å². The van der Waals surface area contributed by atoms with Crippen LogP contribution in [0.5, 0.6) is 0 Å². The number of hydrogen-bond acceptors (Lipinski definition) is 5. The van der Waals surface area contributed by atoms with Crippen molar-refractivity contribution in [3.63, 3.8) is 0 Å². The lowest BCUT2D eigenvalue weighted by atomic mass is 9.98. The largest absolute Gasteiger partial charge is 0.469 e. The first-order valence-corrected chi connectivity index (χ1v) is 11.3. The number of halogens is 1. The second-order valence-electron chi connectivity index (χ2n) is 8.41. The number of benzene rings is 3. The van der Waals surface area contributed by atoms with Crippen LogP contribution in [-0.4, -0.2) is 28.5 Å². The predicted molar refractivity (Wildman–Crippen MR) is 136 cm³/mol. The van der Waals surface area contributed by atoms with Gasteiger partial charge in [0, 0.05) is 36.3 Å². The van der Waals surface area contributed by atoms with E-state index in [1.807, 2.05) is 66.3 Å². The van der Waals surface area contributed by atoms with Gasteiger partial charge < -0.3 is 19.9 Å². The maximum atomic E-state index is 13.8. The quantitative estimate of drug-likeness (QED) is 0.302. The monoisotopic (exact) mass is 482 g/mol. The second-order valence-corrected chi connectivity index (χ2v) is 8.41. The normalized spacial score (nSPS) is 13.7. The smallest absolute Gasteiger partial charge is 0.309 e. The molecule has 1 aromatic heterocycles. The van der Waals surface area contributed by atoms with E-state index in [1.54, 1.807) is 12.3 Å². The van der Waals surface area contributed by atoms with Crippen molar-refractivity contribution in [2.45, 2.75) is 6.42 Å². The van der Waals surface area contributed by atoms with Gasteiger partial charge in [-0.1, -0.05) is 18.2 Å². The number of aromatic nitrogens is 2. The zero-order chi connectivity index (χ0) is 25.2. The molecule has 0 aliphatic carbocycles. The topological polar surface area (TPSA) is 85.2 Å². The Morgan fingerprint density at radius 2 is 1.92 bits per heavy atom. The molecule has 0 fully saturated rings. The Balaban J connectivity index is 1.59. The van der Waals surface area contributed by atoms with Crippen molar-refractivity contribution in [2.75, 3.05) is 17.7 Å². The van der Waals surface area contributed by atoms with Gasteiger partial charge >= 0.3 is 5.97 Å². The Kier molecular flexibility index (Phi) is 6.08. The number of amides is 1. The molecule has 8 heteroatoms. The summed E-state index contributed by atoms with van der Waals surface area (Å²) in [6.45, 7) is 0. The van der Waals surface area contributed by atoms with Gasteiger partial charge in [0.25, 0.3) is 5.91 Å². The fraction of sp³-hybridized carbons (Fsp3) is 0.107. The molecule has 5 rings (SSSR count). The number of nitrogens with zero attached hydrogens (tertiary/aromatic N) is 2. The molecule has 0 unspecified atom stereocenters. The van der Waals surface area contributed by atoms with Crippen LogP contribution in [0.3, 0.4) is 0 Å². The maximum Gasteiger partial charge on any atom is 0.309 e. The highest BCUT2D eigenvalue weighted by Gasteiger charge is 2.29. The van der Waals surface area contributed by atoms with E-state index in [4.69, 9.17) is 4.74 Å². The Hall–Kier alpha value is -4.72. The summed E-state index contributed by atoms with van der Waals surface area (Å²) < 4.78 is 20.6. The Labute approximate surface area is 207 Å². The molecule has 2 N–H and O–H groups in total. The molecule has 0 radical (unpaired) electrons. The second kappa shape index (κ2) is 9.50. The molecule has 0 saturated carbocycles. The standard InChI is InChI=1S/C28H23FN4O3/c1-33-13-12-30-27(33)18-6-9-21(10-7-18)31-26(19-5-3-4-17(14-19)15-24(34)36-2)25-22-11-8-20(29)16-23(22)32-28(25)35/h3-14,16,31H,15H2,1-2H3,(H,32,35). The number of hydrogen-bond donors (Lipinski definition) is 2. The van der Waals surface area contributed by atoms with Gasteiger partial charge in [-0.3, -0.25) is 9.59 Å². The number of imidazole rings is 1. The van der Waals surface area contributed by atoms with Crippen LogP contribution in [0.2, 0.25) is 0 Å². The van der Waals surface area contributed by atoms with Gasteiger partial charge in [0.15, 0.2) is 0 Å². The van der Waals surface area contributed by atoms with Gasteiger partial charge in [-0.05, 0) is 59.7 Å². The van der Waals surface area contributed by atoms with Crippen molar-refractivity contribution in [1.82, 2.24) is 9.55 Å². The summed E-state index contributed by atoms with van der Waals surface area (Å²) in [5.41, 5.74) is 5.05. The number of esters is 1. The number of carbonyl (C=O) groups excluding carboxylic acids is 2. The van der Waals surface area contributed by atoms with E-state index in [0.717, 1.165) is 22.6 Å². The van der Waals surface area contributed by atoms with Crippen LogP contribution in [0.1, 0.15) is 16.7 Å². The molecule has 7 nitrogen and oxygen atoms in total. The van der Waals surface area contributed by atoms with E-state index in [0.29, 0.717) is 28.1 Å². The molecule has 2 heterocycles. The zero-order valence-corrected chi connectivity index (χ0v) is 19.7. The molecule has 0 bridgehead atoms. The van der Waals surface area contributed by atoms with Crippen LogP contribution < -0.4 is 10.6 Å². The maximum absolute atomic E-state index is 13.8. The lowest BCUT2D eigenvalue weighted by molar-refractivity contribution is -0.139. The summed E-state index contributed by atoms with van der Waals surface area (Å²) in [6, 6.07) is 19.2. The molecule has 0 atom stereocenters. The lowest BCUT2D eigenvalue weighted by Gasteiger charge is -2.16. The van der Waals surface area contributed by atoms with E-state index < -0.39 is 5.82 Å². The molecule has 3 aromatic carbocycles. The van der Waals surface area contributed by atoms with Crippen molar-refractivity contribution in [1.29, 1.82) is 0 Å². The molecule has 1 aliphatic rings. The van der Waals surface area contributed by atoms with Crippen molar-refractivity contribution in [2.24, 2.45) is 7.05 Å². The number of rotatable bonds is 6. The minimum Gasteiger partial charge on any atom is -0.469 e. The van der Waals surface area contributed by atoms with Crippen LogP contribution >= 0.6 is 0 Å². The number of anilines is 2. The van der Waals surface area contributed by atoms with Crippen LogP contribution in [0, 0.1) is 5.82 Å². The summed E-state index contributed by atoms with van der Waals surface area (Å²) in [7, 11) is 3.27. The molecule has 36 heavy (non-hydrogen) atoms. The van der Waals surface area contributed by atoms with Crippen LogP contribution in [0.4, 0.5) is 15.8 Å². The highest BCUT2D eigenvalue weighted by atomic mass is 19.1. The minimum absolute atomic E-state index is 0.0965. The SMILES string of the molecule is COC(=O)Cc1cccc(C(Nc2ccc(-c3nccn3C)cc2)=C2C(=O)Nc3cc(F)ccc32)c1. The third kappa shape index (κ3) is 4.48. The fourth-order valence-corrected chi connectivity index (χ4v) is 4.24. The lowest BCUT2D eigenvalue weighted by Crippen LogP contribution is -2.11. The van der Waals surface area contributed by atoms with Gasteiger partial charge in [0.05, 0.1) is 30.5 Å². The highest BCUT2D eigenvalue weighted by Crippen LogP contribution is 2.38. The van der Waals surface area contributed by atoms with E-state index in [1.165, 1.54) is 19.2 Å². The van der Waals surface area contributed by atoms with Gasteiger partial charge in [-0.15, -0.1) is 0 Å². The summed E-state index contributed by atoms with van der Waals surface area (Å²) in [4.78, 5) is 29.3. The van der Waals surface area contributed by atoms with Crippen molar-refractivity contribution in [3.05, 3.63) is 102 Å². The molecular weight excluding hydrogens is 459 g/mol. The Bertz CT molecular complexity index is 1510. The van der Waals surface area contributed by atoms with Gasteiger partial charge in [0.2, 0.25) is 0 Å². The Morgan fingerprint density at radius 3 is 2.64 bits per heavy atom. The van der Waals surface area contributed by atoms with Gasteiger partial charge in [-0.25, -0.2) is 9.37 Å². The number of ether oxygens (including phenoxy) is 1. The highest BCUT2D eigenvalue weighted by molar-refractivity contribution is 6.37. The summed E-state index contributed by atoms with van der Waals surface area (Å²) in [5, 5.41) is 6.14. The van der Waals surface area contributed by atoms with Crippen LogP contribution in [-0.2, 0) is 27.8 Å². The summed E-state index contributed by atoms with van der Waals surface area (Å²) in [6.07, 6.45) is 3.72. The third-order valence-electron chi connectivity index (χ3n) is 6.00. The average Bonchev–Trinajstić information content (AvgIpc) is 3.44. The van der Waals surface area contributed by atoms with E-state index in [-0.39, 0.29) is 18.3 Å². The molecule has 1 amide bonds. The minimum atomic E-state index is -0.435. The molecule has 4 aromatic rings. The molecular formula is C28H23FN4O3. The number of aryl methyl sites for hydroxylation is 1. The number of carbonyl (C=O) groups is 2. The van der Waals surface area contributed by atoms with Crippen LogP contribution in [0.25, 0.3) is 22.7 Å². The molecule has 0 saturated heterocycles. The Morgan fingerprint density at radius 1 is 1.11 bits per heavy atom. The van der Waals surface area contributed by atoms with E-state index in [2.05, 4.69) is 15.6 Å². The predicted octanol–water partition coefficient (Wildman–Crippen LogP) is 4.87. The average molecular weight is 483 g/mol. The van der Waals surface area contributed by atoms with E-state index in [9.17, 15) is 14.0 Å². The summed E-state index contributed by atoms with van der Waals surface area (Å²) >= 11 is 0. The molecule has 0 spiro atoms. The van der Waals surface area contributed by atoms with Crippen LogP contribution in [0.15, 0.2) is 79.1 Å². The van der Waals surface area contributed by atoms with Crippen molar-refractivity contribution >= 4 is 34.5 Å². The number of fused-ring (bicyclic) bond motifs is 1. The molecule has 180 valence electrons. The van der Waals surface area contributed by atoms with Gasteiger partial charge in [-0.2, -0.15) is 0 Å². The first kappa shape index (κ1) is 23.0. The third-order valence-corrected chi connectivity index (χ3v) is 6.00. The fourth-order valence-electron chi connectivity index (χ4n) is 4.24. The van der Waals surface area contributed by atoms with E-state index >= 15 is 0 Å². The first-order valence-electron chi connectivity index (χ1n) is 11.3. The summed E-state index contributed by atoms with van der Waals surface area (Å²) in [5.74, 6) is -0.309. The first-order chi connectivity index (χ1) is 17.4. The number of nitrogens with one attached hydrogen (secondary N) is 2. The molecule has 1 aliphatic heterocycles. The van der Waals surface area contributed by atoms with Crippen molar-refractivity contribution < 1.29 is 18.7 Å². The zero-order valence-electron chi connectivity index (χ0n) is 19.7. The number of methoxy groups -OCH3 is 1.